The summed E-state index contributed by atoms with van der Waals surface area (Å²) in [4.78, 5) is 35.5. The number of ether oxygens (including phenoxy) is 1. The molecule has 0 radical (unpaired) electrons. The molecule has 172 valence electrons. The molecule has 0 spiro atoms. The number of nitrogens with zero attached hydrogens (tertiary/aromatic N) is 2. The van der Waals surface area contributed by atoms with E-state index < -0.39 is 6.04 Å². The van der Waals surface area contributed by atoms with E-state index in [1.54, 1.807) is 11.0 Å². The lowest BCUT2D eigenvalue weighted by atomic mass is 10.2. The molecular weight excluding hydrogens is 448 g/mol. The Morgan fingerprint density at radius 2 is 1.79 bits per heavy atom. The van der Waals surface area contributed by atoms with Crippen molar-refractivity contribution in [3.05, 3.63) is 78.9 Å². The highest BCUT2D eigenvalue weighted by Crippen LogP contribution is 2.30. The second kappa shape index (κ2) is 10.0. The van der Waals surface area contributed by atoms with Gasteiger partial charge in [0.1, 0.15) is 11.8 Å². The summed E-state index contributed by atoms with van der Waals surface area (Å²) in [5.74, 6) is 1.18. The fraction of sp³-hybridized carbons (Fsp3) is 0.192. The molecule has 0 bridgehead atoms. The first-order valence-electron chi connectivity index (χ1n) is 11.2. The first-order chi connectivity index (χ1) is 16.7. The van der Waals surface area contributed by atoms with Gasteiger partial charge in [0.25, 0.3) is 0 Å². The zero-order chi connectivity index (χ0) is 23.3. The molecule has 0 aliphatic carbocycles. The number of aromatic amines is 1. The number of likely N-dealkylation sites (tertiary alicyclic amines) is 1. The number of aromatic nitrogens is 2. The minimum Gasteiger partial charge on any atom is -0.455 e. The topological polar surface area (TPSA) is 87.3 Å². The van der Waals surface area contributed by atoms with Gasteiger partial charge in [0.2, 0.25) is 11.8 Å². The molecule has 1 atom stereocenters. The van der Waals surface area contributed by atoms with Crippen molar-refractivity contribution in [1.82, 2.24) is 14.9 Å². The number of anilines is 1. The summed E-state index contributed by atoms with van der Waals surface area (Å²) >= 11 is 1.35. The minimum absolute atomic E-state index is 0.0723. The van der Waals surface area contributed by atoms with E-state index in [1.807, 2.05) is 72.8 Å². The molecule has 1 aliphatic rings. The van der Waals surface area contributed by atoms with Crippen molar-refractivity contribution in [2.45, 2.75) is 24.0 Å². The number of H-pyrrole nitrogens is 1. The molecule has 2 amide bonds. The molecule has 0 saturated carbocycles. The maximum absolute atomic E-state index is 13.1. The zero-order valence-corrected chi connectivity index (χ0v) is 19.3. The molecule has 0 unspecified atom stereocenters. The predicted molar refractivity (Wildman–Crippen MR) is 133 cm³/mol. The Labute approximate surface area is 201 Å². The predicted octanol–water partition coefficient (Wildman–Crippen LogP) is 5.08. The monoisotopic (exact) mass is 472 g/mol. The van der Waals surface area contributed by atoms with Gasteiger partial charge in [-0.05, 0) is 49.2 Å². The number of para-hydroxylation sites is 5. The lowest BCUT2D eigenvalue weighted by Crippen LogP contribution is -2.44. The molecule has 4 aromatic rings. The number of thioether (sulfide) groups is 1. The number of rotatable bonds is 7. The Balaban J connectivity index is 1.23. The smallest absolute Gasteiger partial charge is 0.247 e. The summed E-state index contributed by atoms with van der Waals surface area (Å²) in [7, 11) is 0. The van der Waals surface area contributed by atoms with Crippen molar-refractivity contribution in [1.29, 1.82) is 0 Å². The van der Waals surface area contributed by atoms with Crippen LogP contribution in [0.5, 0.6) is 11.5 Å². The fourth-order valence-electron chi connectivity index (χ4n) is 4.04. The van der Waals surface area contributed by atoms with E-state index in [-0.39, 0.29) is 17.6 Å². The highest BCUT2D eigenvalue weighted by atomic mass is 32.2. The van der Waals surface area contributed by atoms with Crippen molar-refractivity contribution in [3.63, 3.8) is 0 Å². The van der Waals surface area contributed by atoms with E-state index in [1.165, 1.54) is 11.8 Å². The molecule has 2 N–H and O–H groups in total. The van der Waals surface area contributed by atoms with E-state index >= 15 is 0 Å². The summed E-state index contributed by atoms with van der Waals surface area (Å²) in [5.41, 5.74) is 2.38. The van der Waals surface area contributed by atoms with Crippen molar-refractivity contribution in [2.75, 3.05) is 17.6 Å². The highest BCUT2D eigenvalue weighted by Gasteiger charge is 2.34. The molecule has 1 saturated heterocycles. The standard InChI is InChI=1S/C26H24N4O3S/c31-24(17-34-26-28-19-11-4-5-12-20(19)29-26)30-16-8-14-22(30)25(32)27-21-13-6-7-15-23(21)33-18-9-2-1-3-10-18/h1-7,9-13,15,22H,8,14,16-17H2,(H,27,32)(H,28,29)/t22-/m0/s1. The molecule has 1 aromatic heterocycles. The molecule has 3 aromatic carbocycles. The van der Waals surface area contributed by atoms with Gasteiger partial charge in [0.05, 0.1) is 22.5 Å². The van der Waals surface area contributed by atoms with Crippen LogP contribution >= 0.6 is 11.8 Å². The van der Waals surface area contributed by atoms with E-state index in [4.69, 9.17) is 4.74 Å². The lowest BCUT2D eigenvalue weighted by molar-refractivity contribution is -0.134. The maximum atomic E-state index is 13.1. The van der Waals surface area contributed by atoms with Crippen LogP contribution in [0.3, 0.4) is 0 Å². The van der Waals surface area contributed by atoms with Crippen LogP contribution in [0.15, 0.2) is 84.0 Å². The van der Waals surface area contributed by atoms with Crippen LogP contribution < -0.4 is 10.1 Å². The molecule has 7 nitrogen and oxygen atoms in total. The van der Waals surface area contributed by atoms with Crippen molar-refractivity contribution in [2.24, 2.45) is 0 Å². The maximum Gasteiger partial charge on any atom is 0.247 e. The SMILES string of the molecule is O=C(Nc1ccccc1Oc1ccccc1)[C@@H]1CCCN1C(=O)CSc1nc2ccccc2[nH]1. The van der Waals surface area contributed by atoms with E-state index in [0.29, 0.717) is 35.3 Å². The van der Waals surface area contributed by atoms with Gasteiger partial charge in [-0.15, -0.1) is 0 Å². The Morgan fingerprint density at radius 1 is 1.03 bits per heavy atom. The van der Waals surface area contributed by atoms with Crippen LogP contribution in [0, 0.1) is 0 Å². The van der Waals surface area contributed by atoms with Crippen LogP contribution in [0.2, 0.25) is 0 Å². The van der Waals surface area contributed by atoms with Gasteiger partial charge >= 0.3 is 0 Å². The van der Waals surface area contributed by atoms with E-state index in [2.05, 4.69) is 15.3 Å². The summed E-state index contributed by atoms with van der Waals surface area (Å²) < 4.78 is 5.95. The Hall–Kier alpha value is -3.78. The molecule has 8 heteroatoms. The minimum atomic E-state index is -0.506. The van der Waals surface area contributed by atoms with Crippen LogP contribution in [-0.4, -0.2) is 45.0 Å². The highest BCUT2D eigenvalue weighted by molar-refractivity contribution is 7.99. The average Bonchev–Trinajstić information content (AvgIpc) is 3.52. The number of imidazole rings is 1. The van der Waals surface area contributed by atoms with Crippen LogP contribution in [0.1, 0.15) is 12.8 Å². The first kappa shape index (κ1) is 22.0. The third kappa shape index (κ3) is 4.92. The molecule has 34 heavy (non-hydrogen) atoms. The average molecular weight is 473 g/mol. The van der Waals surface area contributed by atoms with Gasteiger partial charge in [-0.25, -0.2) is 4.98 Å². The molecule has 1 aliphatic heterocycles. The summed E-state index contributed by atoms with van der Waals surface area (Å²) in [6, 6.07) is 24.0. The second-order valence-electron chi connectivity index (χ2n) is 7.99. The molecular formula is C26H24N4O3S. The van der Waals surface area contributed by atoms with Gasteiger partial charge in [0, 0.05) is 6.54 Å². The number of hydrogen-bond acceptors (Lipinski definition) is 5. The van der Waals surface area contributed by atoms with Gasteiger partial charge in [0.15, 0.2) is 10.9 Å². The second-order valence-corrected chi connectivity index (χ2v) is 8.96. The first-order valence-corrected chi connectivity index (χ1v) is 12.2. The van der Waals surface area contributed by atoms with Crippen LogP contribution in [-0.2, 0) is 9.59 Å². The Kier molecular flexibility index (Phi) is 6.49. The van der Waals surface area contributed by atoms with Gasteiger partial charge in [-0.1, -0.05) is 54.2 Å². The number of nitrogens with one attached hydrogen (secondary N) is 2. The van der Waals surface area contributed by atoms with E-state index in [0.717, 1.165) is 17.5 Å². The third-order valence-corrected chi connectivity index (χ3v) is 6.55. The molecule has 2 heterocycles. The van der Waals surface area contributed by atoms with Crippen molar-refractivity contribution < 1.29 is 14.3 Å². The Morgan fingerprint density at radius 3 is 2.65 bits per heavy atom. The number of fused-ring (bicyclic) bond motifs is 1. The molecule has 5 rings (SSSR count). The largest absolute Gasteiger partial charge is 0.455 e. The number of carbonyl (C=O) groups is 2. The number of benzene rings is 3. The van der Waals surface area contributed by atoms with E-state index in [9.17, 15) is 9.59 Å². The normalized spacial score (nSPS) is 15.4. The number of hydrogen-bond donors (Lipinski definition) is 2. The van der Waals surface area contributed by atoms with Gasteiger partial charge < -0.3 is 19.9 Å². The summed E-state index contributed by atoms with van der Waals surface area (Å²) in [5, 5.41) is 3.66. The zero-order valence-electron chi connectivity index (χ0n) is 18.4. The van der Waals surface area contributed by atoms with Gasteiger partial charge in [-0.3, -0.25) is 9.59 Å². The fourth-order valence-corrected chi connectivity index (χ4v) is 4.81. The van der Waals surface area contributed by atoms with Crippen LogP contribution in [0.25, 0.3) is 11.0 Å². The number of amides is 2. The quantitative estimate of drug-likeness (QED) is 0.367. The van der Waals surface area contributed by atoms with Crippen molar-refractivity contribution >= 4 is 40.3 Å². The van der Waals surface area contributed by atoms with Gasteiger partial charge in [-0.2, -0.15) is 0 Å². The number of carbonyl (C=O) groups excluding carboxylic acids is 2. The Bertz CT molecular complexity index is 1270. The third-order valence-electron chi connectivity index (χ3n) is 5.69. The lowest BCUT2D eigenvalue weighted by Gasteiger charge is -2.24. The van der Waals surface area contributed by atoms with Crippen LogP contribution in [0.4, 0.5) is 5.69 Å². The van der Waals surface area contributed by atoms with Crippen molar-refractivity contribution in [3.8, 4) is 11.5 Å². The molecule has 1 fully saturated rings. The summed E-state index contributed by atoms with van der Waals surface area (Å²) in [6.07, 6.45) is 1.43. The summed E-state index contributed by atoms with van der Waals surface area (Å²) in [6.45, 7) is 0.569.